The molecule has 5 heteroatoms. The van der Waals surface area contributed by atoms with Crippen molar-refractivity contribution in [2.24, 2.45) is 5.92 Å². The van der Waals surface area contributed by atoms with Gasteiger partial charge in [0, 0.05) is 65.2 Å². The molecule has 0 aliphatic carbocycles. The molecular weight excluding hydrogens is 408 g/mol. The van der Waals surface area contributed by atoms with Crippen molar-refractivity contribution in [2.45, 2.75) is 19.4 Å². The lowest BCUT2D eigenvalue weighted by Crippen LogP contribution is -2.35. The maximum atomic E-state index is 9.16. The van der Waals surface area contributed by atoms with E-state index in [0.717, 1.165) is 67.0 Å². The highest BCUT2D eigenvalue weighted by Gasteiger charge is 2.19. The molecule has 33 heavy (non-hydrogen) atoms. The number of likely N-dealkylation sites (tertiary alicyclic amines) is 1. The fourth-order valence-corrected chi connectivity index (χ4v) is 4.73. The number of piperidine rings is 1. The predicted octanol–water partition coefficient (Wildman–Crippen LogP) is 5.61. The smallest absolute Gasteiger partial charge is 0.119 e. The van der Waals surface area contributed by atoms with E-state index < -0.39 is 0 Å². The van der Waals surface area contributed by atoms with Crippen LogP contribution >= 0.6 is 0 Å². The van der Waals surface area contributed by atoms with E-state index in [1.54, 1.807) is 7.11 Å². The molecule has 166 valence electrons. The van der Waals surface area contributed by atoms with E-state index in [0.29, 0.717) is 0 Å². The molecule has 5 rings (SSSR count). The molecule has 0 spiro atoms. The Morgan fingerprint density at radius 3 is 2.52 bits per heavy atom. The summed E-state index contributed by atoms with van der Waals surface area (Å²) >= 11 is 0. The summed E-state index contributed by atoms with van der Waals surface area (Å²) < 4.78 is 7.87. The highest BCUT2D eigenvalue weighted by molar-refractivity contribution is 5.97. The Balaban J connectivity index is 1.47. The van der Waals surface area contributed by atoms with Crippen LogP contribution in [0.4, 0.5) is 0 Å². The van der Waals surface area contributed by atoms with E-state index >= 15 is 0 Å². The van der Waals surface area contributed by atoms with Gasteiger partial charge in [0.1, 0.15) is 5.75 Å². The number of rotatable bonds is 6. The second-order valence-electron chi connectivity index (χ2n) is 8.69. The Hall–Kier alpha value is -3.62. The molecule has 0 radical (unpaired) electrons. The van der Waals surface area contributed by atoms with E-state index in [1.165, 1.54) is 10.9 Å². The zero-order chi connectivity index (χ0) is 22.6. The Kier molecular flexibility index (Phi) is 6.10. The molecule has 0 amide bonds. The summed E-state index contributed by atoms with van der Waals surface area (Å²) in [6.07, 6.45) is 8.06. The lowest BCUT2D eigenvalue weighted by Gasteiger charge is -2.29. The fraction of sp³-hybridized carbons (Fsp3) is 0.286. The Bertz CT molecular complexity index is 1280. The van der Waals surface area contributed by atoms with Crippen LogP contribution < -0.4 is 4.74 Å². The van der Waals surface area contributed by atoms with Crippen molar-refractivity contribution >= 4 is 10.9 Å². The molecule has 0 bridgehead atoms. The standard InChI is InChI=1S/C28H28N4O/c1-33-25-7-8-28-26(16-25)27(20-32(28)14-13-31-11-9-21(17-29)10-12-31)24-15-23(18-30-19-24)22-5-3-2-4-6-22/h2-8,15-16,18-21H,9-14H2,1H3. The maximum absolute atomic E-state index is 9.16. The number of methoxy groups -OCH3 is 1. The van der Waals surface area contributed by atoms with Crippen molar-refractivity contribution in [3.05, 3.63) is 73.2 Å². The molecule has 4 aromatic rings. The number of benzene rings is 2. The Labute approximate surface area is 194 Å². The molecular formula is C28H28N4O. The monoisotopic (exact) mass is 436 g/mol. The van der Waals surface area contributed by atoms with E-state index in [9.17, 15) is 0 Å². The largest absolute Gasteiger partial charge is 0.497 e. The first kappa shape index (κ1) is 21.2. The van der Waals surface area contributed by atoms with Gasteiger partial charge in [0.15, 0.2) is 0 Å². The molecule has 3 heterocycles. The van der Waals surface area contributed by atoms with Gasteiger partial charge in [-0.3, -0.25) is 4.98 Å². The molecule has 1 aliphatic heterocycles. The third-order valence-corrected chi connectivity index (χ3v) is 6.67. The van der Waals surface area contributed by atoms with Gasteiger partial charge in [-0.1, -0.05) is 30.3 Å². The van der Waals surface area contributed by atoms with Gasteiger partial charge in [-0.05, 0) is 55.8 Å². The topological polar surface area (TPSA) is 54.1 Å². The van der Waals surface area contributed by atoms with Crippen molar-refractivity contribution < 1.29 is 4.74 Å². The van der Waals surface area contributed by atoms with Crippen LogP contribution in [-0.2, 0) is 6.54 Å². The van der Waals surface area contributed by atoms with Crippen LogP contribution in [0.3, 0.4) is 0 Å². The molecule has 0 saturated carbocycles. The number of ether oxygens (including phenoxy) is 1. The molecule has 0 unspecified atom stereocenters. The molecule has 0 atom stereocenters. The second kappa shape index (κ2) is 9.48. The highest BCUT2D eigenvalue weighted by atomic mass is 16.5. The van der Waals surface area contributed by atoms with Crippen LogP contribution in [-0.4, -0.2) is 41.2 Å². The van der Waals surface area contributed by atoms with Gasteiger partial charge < -0.3 is 14.2 Å². The summed E-state index contributed by atoms with van der Waals surface area (Å²) in [5.41, 5.74) is 5.73. The van der Waals surface area contributed by atoms with E-state index in [4.69, 9.17) is 10.00 Å². The van der Waals surface area contributed by atoms with Gasteiger partial charge >= 0.3 is 0 Å². The van der Waals surface area contributed by atoms with Crippen LogP contribution in [0.25, 0.3) is 33.2 Å². The van der Waals surface area contributed by atoms with Crippen LogP contribution in [0, 0.1) is 17.2 Å². The molecule has 5 nitrogen and oxygen atoms in total. The van der Waals surface area contributed by atoms with E-state index in [2.05, 4.69) is 69.2 Å². The molecule has 1 fully saturated rings. The van der Waals surface area contributed by atoms with Crippen molar-refractivity contribution in [1.82, 2.24) is 14.5 Å². The lowest BCUT2D eigenvalue weighted by molar-refractivity contribution is 0.200. The van der Waals surface area contributed by atoms with Crippen molar-refractivity contribution in [3.8, 4) is 34.1 Å². The predicted molar refractivity (Wildman–Crippen MR) is 132 cm³/mol. The molecule has 0 N–H and O–H groups in total. The summed E-state index contributed by atoms with van der Waals surface area (Å²) in [5.74, 6) is 1.07. The molecule has 1 saturated heterocycles. The highest BCUT2D eigenvalue weighted by Crippen LogP contribution is 2.34. The first-order valence-corrected chi connectivity index (χ1v) is 11.5. The van der Waals surface area contributed by atoms with Gasteiger partial charge in [-0.2, -0.15) is 5.26 Å². The van der Waals surface area contributed by atoms with Gasteiger partial charge in [0.2, 0.25) is 0 Å². The second-order valence-corrected chi connectivity index (χ2v) is 8.69. The fourth-order valence-electron chi connectivity index (χ4n) is 4.73. The van der Waals surface area contributed by atoms with Gasteiger partial charge in [0.05, 0.1) is 13.2 Å². The summed E-state index contributed by atoms with van der Waals surface area (Å²) in [7, 11) is 1.71. The maximum Gasteiger partial charge on any atom is 0.119 e. The van der Waals surface area contributed by atoms with Crippen LogP contribution in [0.2, 0.25) is 0 Å². The summed E-state index contributed by atoms with van der Waals surface area (Å²) in [4.78, 5) is 7.03. The van der Waals surface area contributed by atoms with Gasteiger partial charge in [0.25, 0.3) is 0 Å². The van der Waals surface area contributed by atoms with Crippen LogP contribution in [0.15, 0.2) is 73.2 Å². The first-order chi connectivity index (χ1) is 16.2. The number of hydrogen-bond acceptors (Lipinski definition) is 4. The minimum Gasteiger partial charge on any atom is -0.497 e. The van der Waals surface area contributed by atoms with Crippen molar-refractivity contribution in [2.75, 3.05) is 26.7 Å². The molecule has 2 aromatic heterocycles. The first-order valence-electron chi connectivity index (χ1n) is 11.5. The molecule has 2 aromatic carbocycles. The Morgan fingerprint density at radius 2 is 1.76 bits per heavy atom. The number of nitriles is 1. The summed E-state index contributed by atoms with van der Waals surface area (Å²) in [6.45, 7) is 3.89. The summed E-state index contributed by atoms with van der Waals surface area (Å²) in [6, 6.07) is 21.3. The minimum absolute atomic E-state index is 0.220. The van der Waals surface area contributed by atoms with Crippen molar-refractivity contribution in [1.29, 1.82) is 5.26 Å². The Morgan fingerprint density at radius 1 is 0.970 bits per heavy atom. The zero-order valence-electron chi connectivity index (χ0n) is 18.9. The number of nitrogens with zero attached hydrogens (tertiary/aromatic N) is 4. The third-order valence-electron chi connectivity index (χ3n) is 6.67. The van der Waals surface area contributed by atoms with E-state index in [1.807, 2.05) is 24.5 Å². The molecule has 1 aliphatic rings. The lowest BCUT2D eigenvalue weighted by atomic mass is 9.99. The number of pyridine rings is 1. The SMILES string of the molecule is COc1ccc2c(c1)c(-c1cncc(-c3ccccc3)c1)cn2CCN1CCC(C#N)CC1. The third kappa shape index (κ3) is 4.48. The minimum atomic E-state index is 0.220. The van der Waals surface area contributed by atoms with Gasteiger partial charge in [-0.15, -0.1) is 0 Å². The quantitative estimate of drug-likeness (QED) is 0.394. The average molecular weight is 437 g/mol. The number of hydrogen-bond donors (Lipinski definition) is 0. The van der Waals surface area contributed by atoms with Crippen molar-refractivity contribution in [3.63, 3.8) is 0 Å². The van der Waals surface area contributed by atoms with Gasteiger partial charge in [-0.25, -0.2) is 0 Å². The average Bonchev–Trinajstić information content (AvgIpc) is 3.26. The van der Waals surface area contributed by atoms with Crippen LogP contribution in [0.5, 0.6) is 5.75 Å². The summed E-state index contributed by atoms with van der Waals surface area (Å²) in [5, 5.41) is 10.3. The number of aromatic nitrogens is 2. The van der Waals surface area contributed by atoms with Crippen LogP contribution in [0.1, 0.15) is 12.8 Å². The normalized spacial score (nSPS) is 14.9. The number of fused-ring (bicyclic) bond motifs is 1. The van der Waals surface area contributed by atoms with E-state index in [-0.39, 0.29) is 5.92 Å². The zero-order valence-corrected chi connectivity index (χ0v) is 18.9.